The minimum atomic E-state index is -0.746. The van der Waals surface area contributed by atoms with Crippen molar-refractivity contribution < 1.29 is 23.5 Å². The van der Waals surface area contributed by atoms with Crippen molar-refractivity contribution in [3.05, 3.63) is 58.4 Å². The lowest BCUT2D eigenvalue weighted by atomic mass is 9.84. The normalized spacial score (nSPS) is 14.0. The highest BCUT2D eigenvalue weighted by atomic mass is 16.5. The highest BCUT2D eigenvalue weighted by Crippen LogP contribution is 2.38. The van der Waals surface area contributed by atoms with E-state index >= 15 is 0 Å². The average molecular weight is 324 g/mol. The van der Waals surface area contributed by atoms with Crippen molar-refractivity contribution in [3.8, 4) is 11.3 Å². The topological polar surface area (TPSA) is 73.6 Å². The zero-order valence-electron chi connectivity index (χ0n) is 13.6. The number of allylic oxidation sites excluding steroid dienone is 2. The Kier molecular flexibility index (Phi) is 3.93. The van der Waals surface area contributed by atoms with Crippen LogP contribution in [-0.2, 0) is 4.74 Å². The molecule has 0 N–H and O–H groups in total. The molecule has 0 unspecified atom stereocenters. The second kappa shape index (κ2) is 5.92. The first kappa shape index (κ1) is 15.9. The van der Waals surface area contributed by atoms with Gasteiger partial charge in [0.1, 0.15) is 5.76 Å². The van der Waals surface area contributed by atoms with Gasteiger partial charge in [0.05, 0.1) is 17.7 Å². The Morgan fingerprint density at radius 3 is 2.17 bits per heavy atom. The van der Waals surface area contributed by atoms with Gasteiger partial charge in [0.15, 0.2) is 11.6 Å². The average Bonchev–Trinajstić information content (AvgIpc) is 3.00. The van der Waals surface area contributed by atoms with E-state index in [-0.39, 0.29) is 40.8 Å². The van der Waals surface area contributed by atoms with E-state index in [1.807, 2.05) is 6.07 Å². The van der Waals surface area contributed by atoms with Crippen LogP contribution >= 0.6 is 0 Å². The third-order valence-electron chi connectivity index (χ3n) is 4.10. The molecule has 0 radical (unpaired) electrons. The van der Waals surface area contributed by atoms with Gasteiger partial charge in [-0.1, -0.05) is 30.3 Å². The maximum Gasteiger partial charge on any atom is 0.375 e. The molecule has 0 spiro atoms. The van der Waals surface area contributed by atoms with E-state index in [1.165, 1.54) is 0 Å². The van der Waals surface area contributed by atoms with Crippen LogP contribution < -0.4 is 0 Å². The van der Waals surface area contributed by atoms with Crippen LogP contribution in [0.15, 0.2) is 45.9 Å². The number of esters is 1. The van der Waals surface area contributed by atoms with Gasteiger partial charge in [-0.05, 0) is 20.8 Å². The molecule has 5 heteroatoms. The number of hydrogen-bond donors (Lipinski definition) is 0. The van der Waals surface area contributed by atoms with Crippen molar-refractivity contribution >= 4 is 17.5 Å². The van der Waals surface area contributed by atoms with E-state index in [2.05, 4.69) is 0 Å². The molecule has 1 heterocycles. The number of furan rings is 1. The summed E-state index contributed by atoms with van der Waals surface area (Å²) < 4.78 is 10.6. The lowest BCUT2D eigenvalue weighted by Gasteiger charge is -2.14. The minimum Gasteiger partial charge on any atom is -0.460 e. The number of rotatable bonds is 3. The number of hydrogen-bond acceptors (Lipinski definition) is 5. The molecule has 1 aliphatic carbocycles. The van der Waals surface area contributed by atoms with Gasteiger partial charge in [0.2, 0.25) is 5.76 Å². The number of carbonyl (C=O) groups excluding carboxylic acids is 3. The van der Waals surface area contributed by atoms with Gasteiger partial charge in [-0.2, -0.15) is 0 Å². The molecule has 1 aromatic heterocycles. The quantitative estimate of drug-likeness (QED) is 0.802. The van der Waals surface area contributed by atoms with Crippen molar-refractivity contribution in [1.82, 2.24) is 0 Å². The van der Waals surface area contributed by atoms with E-state index in [4.69, 9.17) is 9.15 Å². The minimum absolute atomic E-state index is 0.000373. The van der Waals surface area contributed by atoms with E-state index in [1.54, 1.807) is 45.0 Å². The first-order valence-electron chi connectivity index (χ1n) is 7.63. The zero-order chi connectivity index (χ0) is 17.4. The molecule has 0 saturated heterocycles. The van der Waals surface area contributed by atoms with Crippen LogP contribution in [0.2, 0.25) is 0 Å². The zero-order valence-corrected chi connectivity index (χ0v) is 13.6. The number of ketones is 2. The molecular weight excluding hydrogens is 308 g/mol. The maximum absolute atomic E-state index is 12.7. The van der Waals surface area contributed by atoms with Gasteiger partial charge in [-0.3, -0.25) is 9.59 Å². The summed E-state index contributed by atoms with van der Waals surface area (Å²) in [5.74, 6) is -1.42. The molecule has 5 nitrogen and oxygen atoms in total. The first-order valence-corrected chi connectivity index (χ1v) is 7.63. The Morgan fingerprint density at radius 2 is 1.58 bits per heavy atom. The Labute approximate surface area is 138 Å². The predicted molar refractivity (Wildman–Crippen MR) is 87.1 cm³/mol. The molecule has 1 aromatic carbocycles. The van der Waals surface area contributed by atoms with Crippen molar-refractivity contribution in [3.63, 3.8) is 0 Å². The Morgan fingerprint density at radius 1 is 1.00 bits per heavy atom. The molecule has 24 heavy (non-hydrogen) atoms. The number of fused-ring (bicyclic) bond motifs is 1. The van der Waals surface area contributed by atoms with Crippen molar-refractivity contribution in [2.75, 3.05) is 6.61 Å². The fourth-order valence-electron chi connectivity index (χ4n) is 2.71. The second-order valence-electron chi connectivity index (χ2n) is 5.51. The Hall–Kier alpha value is -2.95. The Bertz CT molecular complexity index is 884. The van der Waals surface area contributed by atoms with Crippen molar-refractivity contribution in [1.29, 1.82) is 0 Å². The number of Topliss-reactive ketones (excluding diaryl/α,β-unsaturated/α-hetero) is 2. The summed E-state index contributed by atoms with van der Waals surface area (Å²) in [5, 5.41) is 0. The summed E-state index contributed by atoms with van der Waals surface area (Å²) in [5.41, 5.74) is 1.44. The van der Waals surface area contributed by atoms with Gasteiger partial charge < -0.3 is 9.15 Å². The smallest absolute Gasteiger partial charge is 0.375 e. The first-order chi connectivity index (χ1) is 11.5. The van der Waals surface area contributed by atoms with Crippen LogP contribution in [0.5, 0.6) is 0 Å². The molecule has 0 aliphatic heterocycles. The van der Waals surface area contributed by atoms with E-state index in [9.17, 15) is 14.4 Å². The van der Waals surface area contributed by atoms with Gasteiger partial charge in [-0.15, -0.1) is 0 Å². The molecule has 0 bridgehead atoms. The van der Waals surface area contributed by atoms with Crippen LogP contribution in [0.4, 0.5) is 0 Å². The molecular formula is C19H16O5. The lowest BCUT2D eigenvalue weighted by Crippen LogP contribution is -2.21. The van der Waals surface area contributed by atoms with Gasteiger partial charge >= 0.3 is 5.97 Å². The Balaban J connectivity index is 2.31. The van der Waals surface area contributed by atoms with Crippen LogP contribution in [0.25, 0.3) is 11.3 Å². The third-order valence-corrected chi connectivity index (χ3v) is 4.10. The van der Waals surface area contributed by atoms with Crippen LogP contribution in [0, 0.1) is 0 Å². The van der Waals surface area contributed by atoms with Crippen LogP contribution in [0.1, 0.15) is 52.0 Å². The molecule has 3 rings (SSSR count). The van der Waals surface area contributed by atoms with Crippen LogP contribution in [0.3, 0.4) is 0 Å². The SMILES string of the molecule is CCOC(=O)c1oc(-c2ccccc2)c2c1C(=O)C(C)=C(C)C2=O. The molecule has 0 saturated carbocycles. The third kappa shape index (κ3) is 2.29. The second-order valence-corrected chi connectivity index (χ2v) is 5.51. The van der Waals surface area contributed by atoms with Crippen LogP contribution in [-0.4, -0.2) is 24.1 Å². The highest BCUT2D eigenvalue weighted by Gasteiger charge is 2.39. The summed E-state index contributed by atoms with van der Waals surface area (Å²) in [7, 11) is 0. The van der Waals surface area contributed by atoms with Gasteiger partial charge in [0, 0.05) is 16.7 Å². The lowest BCUT2D eigenvalue weighted by molar-refractivity contribution is 0.0487. The molecule has 2 aromatic rings. The summed E-state index contributed by atoms with van der Waals surface area (Å²) >= 11 is 0. The van der Waals surface area contributed by atoms with Crippen molar-refractivity contribution in [2.45, 2.75) is 20.8 Å². The fourth-order valence-corrected chi connectivity index (χ4v) is 2.71. The summed E-state index contributed by atoms with van der Waals surface area (Å²) in [6, 6.07) is 8.92. The van der Waals surface area contributed by atoms with E-state index < -0.39 is 5.97 Å². The molecule has 0 fully saturated rings. The monoisotopic (exact) mass is 324 g/mol. The van der Waals surface area contributed by atoms with Crippen molar-refractivity contribution in [2.24, 2.45) is 0 Å². The van der Waals surface area contributed by atoms with Gasteiger partial charge in [-0.25, -0.2) is 4.79 Å². The van der Waals surface area contributed by atoms with E-state index in [0.717, 1.165) is 0 Å². The number of ether oxygens (including phenoxy) is 1. The molecule has 0 atom stereocenters. The largest absolute Gasteiger partial charge is 0.460 e. The highest BCUT2D eigenvalue weighted by molar-refractivity contribution is 6.30. The molecule has 0 amide bonds. The molecule has 1 aliphatic rings. The summed E-state index contributed by atoms with van der Waals surface area (Å²) in [6.07, 6.45) is 0. The summed E-state index contributed by atoms with van der Waals surface area (Å²) in [6.45, 7) is 4.98. The maximum atomic E-state index is 12.7. The predicted octanol–water partition coefficient (Wildman–Crippen LogP) is 3.84. The fraction of sp³-hybridized carbons (Fsp3) is 0.211. The molecule has 122 valence electrons. The van der Waals surface area contributed by atoms with Gasteiger partial charge in [0.25, 0.3) is 0 Å². The summed E-state index contributed by atoms with van der Waals surface area (Å²) in [4.78, 5) is 37.6. The van der Waals surface area contributed by atoms with E-state index in [0.29, 0.717) is 16.7 Å². The standard InChI is InChI=1S/C19H16O5/c1-4-23-19(22)18-14-13(15(20)10(2)11(3)16(14)21)17(24-18)12-8-6-5-7-9-12/h5-9H,4H2,1-3H3. The number of carbonyl (C=O) groups is 3. The number of benzene rings is 1.